The average Bonchev–Trinajstić information content (AvgIpc) is 2.46. The molecule has 0 fully saturated rings. The molecule has 0 aromatic heterocycles. The van der Waals surface area contributed by atoms with Crippen molar-refractivity contribution in [3.8, 4) is 0 Å². The number of hydrogen-bond donors (Lipinski definition) is 3. The van der Waals surface area contributed by atoms with Gasteiger partial charge in [0.15, 0.2) is 0 Å². The van der Waals surface area contributed by atoms with E-state index in [-0.39, 0.29) is 4.90 Å². The van der Waals surface area contributed by atoms with Crippen molar-refractivity contribution in [2.75, 3.05) is 4.72 Å². The van der Waals surface area contributed by atoms with Crippen LogP contribution in [0.4, 0.5) is 10.5 Å². The van der Waals surface area contributed by atoms with E-state index in [2.05, 4.69) is 10.0 Å². The van der Waals surface area contributed by atoms with E-state index < -0.39 is 16.1 Å². The lowest BCUT2D eigenvalue weighted by atomic mass is 10.2. The Morgan fingerprint density at radius 1 is 1.05 bits per heavy atom. The number of hydrogen-bond acceptors (Lipinski definition) is 3. The summed E-state index contributed by atoms with van der Waals surface area (Å²) in [6.07, 6.45) is 0. The molecule has 2 aromatic carbocycles. The SMILES string of the molecule is Cc1ccc(S(=O)(=O)Nc2ccc(CNC(N)=O)cc2)cc1. The molecule has 0 saturated carbocycles. The number of carbonyl (C=O) groups is 1. The van der Waals surface area contributed by atoms with Crippen LogP contribution in [0.2, 0.25) is 0 Å². The van der Waals surface area contributed by atoms with Crippen molar-refractivity contribution in [3.63, 3.8) is 0 Å². The maximum Gasteiger partial charge on any atom is 0.312 e. The highest BCUT2D eigenvalue weighted by Crippen LogP contribution is 2.17. The number of amides is 2. The standard InChI is InChI=1S/C15H17N3O3S/c1-11-2-8-14(9-3-11)22(20,21)18-13-6-4-12(5-7-13)10-17-15(16)19/h2-9,18H,10H2,1H3,(H3,16,17,19). The number of rotatable bonds is 5. The molecule has 7 heteroatoms. The van der Waals surface area contributed by atoms with Crippen LogP contribution < -0.4 is 15.8 Å². The minimum absolute atomic E-state index is 0.206. The van der Waals surface area contributed by atoms with E-state index in [1.54, 1.807) is 48.5 Å². The van der Waals surface area contributed by atoms with Gasteiger partial charge in [-0.1, -0.05) is 29.8 Å². The number of urea groups is 1. The van der Waals surface area contributed by atoms with E-state index >= 15 is 0 Å². The number of carbonyl (C=O) groups excluding carboxylic acids is 1. The van der Waals surface area contributed by atoms with Crippen LogP contribution in [0.1, 0.15) is 11.1 Å². The van der Waals surface area contributed by atoms with E-state index in [1.165, 1.54) is 0 Å². The summed E-state index contributed by atoms with van der Waals surface area (Å²) in [4.78, 5) is 10.8. The summed E-state index contributed by atoms with van der Waals surface area (Å²) in [6.45, 7) is 2.18. The molecule has 2 aromatic rings. The summed E-state index contributed by atoms with van der Waals surface area (Å²) >= 11 is 0. The number of sulfonamides is 1. The summed E-state index contributed by atoms with van der Waals surface area (Å²) in [5.74, 6) is 0. The maximum atomic E-state index is 12.2. The second-order valence-electron chi connectivity index (χ2n) is 4.83. The fourth-order valence-corrected chi connectivity index (χ4v) is 2.87. The summed E-state index contributed by atoms with van der Waals surface area (Å²) < 4.78 is 27.0. The average molecular weight is 319 g/mol. The molecule has 0 saturated heterocycles. The molecule has 0 spiro atoms. The fraction of sp³-hybridized carbons (Fsp3) is 0.133. The molecule has 0 radical (unpaired) electrons. The molecule has 2 amide bonds. The zero-order chi connectivity index (χ0) is 16.2. The highest BCUT2D eigenvalue weighted by molar-refractivity contribution is 7.92. The number of benzene rings is 2. The molecular weight excluding hydrogens is 302 g/mol. The predicted octanol–water partition coefficient (Wildman–Crippen LogP) is 1.96. The van der Waals surface area contributed by atoms with Gasteiger partial charge in [-0.25, -0.2) is 13.2 Å². The highest BCUT2D eigenvalue weighted by atomic mass is 32.2. The number of aryl methyl sites for hydroxylation is 1. The van der Waals surface area contributed by atoms with Gasteiger partial charge in [0.25, 0.3) is 10.0 Å². The van der Waals surface area contributed by atoms with Gasteiger partial charge in [0.1, 0.15) is 0 Å². The second-order valence-corrected chi connectivity index (χ2v) is 6.52. The Morgan fingerprint density at radius 2 is 1.64 bits per heavy atom. The molecule has 0 aliphatic heterocycles. The van der Waals surface area contributed by atoms with Crippen LogP contribution in [-0.4, -0.2) is 14.4 Å². The van der Waals surface area contributed by atoms with Crippen LogP contribution in [0.3, 0.4) is 0 Å². The normalized spacial score (nSPS) is 11.0. The third kappa shape index (κ3) is 4.23. The van der Waals surface area contributed by atoms with Crippen molar-refractivity contribution in [3.05, 3.63) is 59.7 Å². The third-order valence-electron chi connectivity index (χ3n) is 3.00. The Labute approximate surface area is 129 Å². The topological polar surface area (TPSA) is 101 Å². The smallest absolute Gasteiger partial charge is 0.312 e. The number of primary amides is 1. The zero-order valence-electron chi connectivity index (χ0n) is 12.0. The Bertz CT molecular complexity index is 754. The maximum absolute atomic E-state index is 12.2. The van der Waals surface area contributed by atoms with E-state index in [9.17, 15) is 13.2 Å². The van der Waals surface area contributed by atoms with Crippen molar-refractivity contribution in [2.45, 2.75) is 18.4 Å². The number of nitrogens with two attached hydrogens (primary N) is 1. The summed E-state index contributed by atoms with van der Waals surface area (Å²) in [6, 6.07) is 12.7. The molecular formula is C15H17N3O3S. The Balaban J connectivity index is 2.09. The second kappa shape index (κ2) is 6.48. The monoisotopic (exact) mass is 319 g/mol. The van der Waals surface area contributed by atoms with Crippen molar-refractivity contribution in [1.29, 1.82) is 0 Å². The lowest BCUT2D eigenvalue weighted by molar-refractivity contribution is 0.248. The minimum atomic E-state index is -3.61. The highest BCUT2D eigenvalue weighted by Gasteiger charge is 2.13. The van der Waals surface area contributed by atoms with Crippen LogP contribution in [0.5, 0.6) is 0 Å². The lowest BCUT2D eigenvalue weighted by Gasteiger charge is -2.09. The molecule has 4 N–H and O–H groups in total. The Kier molecular flexibility index (Phi) is 4.67. The molecule has 6 nitrogen and oxygen atoms in total. The van der Waals surface area contributed by atoms with Crippen LogP contribution in [0.25, 0.3) is 0 Å². The van der Waals surface area contributed by atoms with E-state index in [1.807, 2.05) is 6.92 Å². The summed E-state index contributed by atoms with van der Waals surface area (Å²) in [5, 5.41) is 2.46. The summed E-state index contributed by atoms with van der Waals surface area (Å²) in [7, 11) is -3.61. The van der Waals surface area contributed by atoms with Gasteiger partial charge in [-0.3, -0.25) is 4.72 Å². The van der Waals surface area contributed by atoms with Crippen molar-refractivity contribution >= 4 is 21.7 Å². The van der Waals surface area contributed by atoms with E-state index in [4.69, 9.17) is 5.73 Å². The van der Waals surface area contributed by atoms with E-state index in [0.717, 1.165) is 11.1 Å². The largest absolute Gasteiger partial charge is 0.352 e. The fourth-order valence-electron chi connectivity index (χ4n) is 1.81. The van der Waals surface area contributed by atoms with Gasteiger partial charge in [-0.2, -0.15) is 0 Å². The first-order valence-electron chi connectivity index (χ1n) is 6.58. The van der Waals surface area contributed by atoms with Crippen LogP contribution in [-0.2, 0) is 16.6 Å². The Hall–Kier alpha value is -2.54. The third-order valence-corrected chi connectivity index (χ3v) is 4.40. The molecule has 0 bridgehead atoms. The van der Waals surface area contributed by atoms with Gasteiger partial charge < -0.3 is 11.1 Å². The van der Waals surface area contributed by atoms with Gasteiger partial charge in [0, 0.05) is 12.2 Å². The van der Waals surface area contributed by atoms with Crippen molar-refractivity contribution in [2.24, 2.45) is 5.73 Å². The molecule has 116 valence electrons. The lowest BCUT2D eigenvalue weighted by Crippen LogP contribution is -2.28. The molecule has 0 aliphatic carbocycles. The molecule has 0 aliphatic rings. The molecule has 22 heavy (non-hydrogen) atoms. The molecule has 0 unspecified atom stereocenters. The summed E-state index contributed by atoms with van der Waals surface area (Å²) in [5.41, 5.74) is 7.24. The van der Waals surface area contributed by atoms with Gasteiger partial charge in [-0.15, -0.1) is 0 Å². The first-order chi connectivity index (χ1) is 10.4. The predicted molar refractivity (Wildman–Crippen MR) is 84.9 cm³/mol. The van der Waals surface area contributed by atoms with Crippen LogP contribution in [0.15, 0.2) is 53.4 Å². The number of nitrogens with one attached hydrogen (secondary N) is 2. The van der Waals surface area contributed by atoms with Crippen LogP contribution in [0, 0.1) is 6.92 Å². The molecule has 0 heterocycles. The van der Waals surface area contributed by atoms with Crippen molar-refractivity contribution in [1.82, 2.24) is 5.32 Å². The minimum Gasteiger partial charge on any atom is -0.352 e. The van der Waals surface area contributed by atoms with Gasteiger partial charge in [-0.05, 0) is 36.8 Å². The first kappa shape index (κ1) is 15.8. The Morgan fingerprint density at radius 3 is 2.18 bits per heavy atom. The molecule has 0 atom stereocenters. The van der Waals surface area contributed by atoms with Gasteiger partial charge >= 0.3 is 6.03 Å². The molecule has 2 rings (SSSR count). The zero-order valence-corrected chi connectivity index (χ0v) is 12.9. The van der Waals surface area contributed by atoms with Crippen molar-refractivity contribution < 1.29 is 13.2 Å². The quantitative estimate of drug-likeness (QED) is 0.785. The van der Waals surface area contributed by atoms with Gasteiger partial charge in [0.2, 0.25) is 0 Å². The van der Waals surface area contributed by atoms with Gasteiger partial charge in [0.05, 0.1) is 4.90 Å². The van der Waals surface area contributed by atoms with Crippen LogP contribution >= 0.6 is 0 Å². The number of anilines is 1. The first-order valence-corrected chi connectivity index (χ1v) is 8.07. The van der Waals surface area contributed by atoms with E-state index in [0.29, 0.717) is 12.2 Å².